The molecule has 1 saturated carbocycles. The van der Waals surface area contributed by atoms with Crippen molar-refractivity contribution in [1.82, 2.24) is 24.5 Å². The summed E-state index contributed by atoms with van der Waals surface area (Å²) in [6, 6.07) is 2.02. The molecule has 9 nitrogen and oxygen atoms in total. The average Bonchev–Trinajstić information content (AvgIpc) is 3.19. The van der Waals surface area contributed by atoms with Crippen LogP contribution in [0.1, 0.15) is 46.7 Å². The molecular weight excluding hydrogens is 407 g/mol. The van der Waals surface area contributed by atoms with Crippen LogP contribution in [0.2, 0.25) is 0 Å². The quantitative estimate of drug-likeness (QED) is 0.794. The summed E-state index contributed by atoms with van der Waals surface area (Å²) in [6.07, 6.45) is 0.875. The van der Waals surface area contributed by atoms with E-state index in [-0.39, 0.29) is 11.9 Å². The van der Waals surface area contributed by atoms with Crippen molar-refractivity contribution in [1.29, 1.82) is 0 Å². The van der Waals surface area contributed by atoms with Crippen LogP contribution in [-0.2, 0) is 11.3 Å². The lowest BCUT2D eigenvalue weighted by atomic mass is 10.1. The third-order valence-electron chi connectivity index (χ3n) is 4.76. The smallest absolute Gasteiger partial charge is 0.475 e. The number of carboxylic acids is 1. The molecule has 0 saturated heterocycles. The Kier molecular flexibility index (Phi) is 6.15. The second-order valence-electron chi connectivity index (χ2n) is 7.59. The number of aromatic nitrogens is 3. The van der Waals surface area contributed by atoms with Gasteiger partial charge in [0.15, 0.2) is 5.69 Å². The molecular formula is C18H22F3N5O4. The highest BCUT2D eigenvalue weighted by atomic mass is 19.4. The molecule has 0 bridgehead atoms. The van der Waals surface area contributed by atoms with E-state index in [0.29, 0.717) is 24.7 Å². The largest absolute Gasteiger partial charge is 0.490 e. The van der Waals surface area contributed by atoms with Crippen LogP contribution in [0.3, 0.4) is 0 Å². The third-order valence-corrected chi connectivity index (χ3v) is 4.76. The van der Waals surface area contributed by atoms with Gasteiger partial charge in [0.25, 0.3) is 5.91 Å². The lowest BCUT2D eigenvalue weighted by Crippen LogP contribution is -2.43. The Bertz CT molecular complexity index is 904. The molecule has 1 unspecified atom stereocenters. The fraction of sp³-hybridized carbons (Fsp3) is 0.556. The topological polar surface area (TPSA) is 105 Å². The molecule has 2 aromatic heterocycles. The van der Waals surface area contributed by atoms with Gasteiger partial charge in [-0.3, -0.25) is 4.79 Å². The Morgan fingerprint density at radius 1 is 1.33 bits per heavy atom. The lowest BCUT2D eigenvalue weighted by Gasteiger charge is -2.35. The molecule has 1 atom stereocenters. The number of imidazole rings is 1. The van der Waals surface area contributed by atoms with Crippen LogP contribution >= 0.6 is 0 Å². The number of hydrogen-bond donors (Lipinski definition) is 1. The summed E-state index contributed by atoms with van der Waals surface area (Å²) in [6.45, 7) is 2.08. The Hall–Kier alpha value is -2.89. The van der Waals surface area contributed by atoms with Gasteiger partial charge < -0.3 is 24.0 Å². The maximum atomic E-state index is 12.8. The number of carbonyl (C=O) groups is 2. The summed E-state index contributed by atoms with van der Waals surface area (Å²) in [4.78, 5) is 29.9. The summed E-state index contributed by atoms with van der Waals surface area (Å²) >= 11 is 0. The van der Waals surface area contributed by atoms with Gasteiger partial charge in [-0.15, -0.1) is 0 Å². The van der Waals surface area contributed by atoms with Crippen LogP contribution in [0, 0.1) is 0 Å². The number of rotatable bonds is 4. The first-order valence-electron chi connectivity index (χ1n) is 9.27. The highest BCUT2D eigenvalue weighted by molar-refractivity contribution is 5.92. The number of alkyl halides is 3. The van der Waals surface area contributed by atoms with Gasteiger partial charge >= 0.3 is 12.1 Å². The van der Waals surface area contributed by atoms with Gasteiger partial charge in [0.2, 0.25) is 0 Å². The van der Waals surface area contributed by atoms with Gasteiger partial charge in [-0.05, 0) is 26.9 Å². The van der Waals surface area contributed by atoms with Gasteiger partial charge in [0.05, 0.1) is 24.6 Å². The third kappa shape index (κ3) is 5.17. The van der Waals surface area contributed by atoms with Crippen molar-refractivity contribution in [3.8, 4) is 0 Å². The van der Waals surface area contributed by atoms with Crippen LogP contribution in [0.5, 0.6) is 0 Å². The van der Waals surface area contributed by atoms with E-state index in [9.17, 15) is 18.0 Å². The minimum absolute atomic E-state index is 0.0585. The van der Waals surface area contributed by atoms with E-state index in [1.54, 1.807) is 0 Å². The number of fused-ring (bicyclic) bond motifs is 1. The molecule has 1 aliphatic heterocycles. The maximum Gasteiger partial charge on any atom is 0.490 e. The van der Waals surface area contributed by atoms with Crippen LogP contribution < -0.4 is 0 Å². The number of hydrogen-bond acceptors (Lipinski definition) is 6. The maximum absolute atomic E-state index is 12.8. The SMILES string of the molecule is CN(C)CC1CN(C(=O)c2cc(C3CC3)on2)Cc2cncn21.O=C(O)C(F)(F)F. The van der Waals surface area contributed by atoms with E-state index >= 15 is 0 Å². The number of amides is 1. The summed E-state index contributed by atoms with van der Waals surface area (Å²) in [5.74, 6) is -1.50. The van der Waals surface area contributed by atoms with Crippen molar-refractivity contribution in [2.24, 2.45) is 0 Å². The minimum Gasteiger partial charge on any atom is -0.475 e. The second-order valence-corrected chi connectivity index (χ2v) is 7.59. The van der Waals surface area contributed by atoms with Crippen LogP contribution in [0.25, 0.3) is 0 Å². The number of aliphatic carboxylic acids is 1. The van der Waals surface area contributed by atoms with E-state index in [1.807, 2.05) is 37.6 Å². The standard InChI is InChI=1S/C16H21N5O2.C2HF3O2/c1-19(2)7-13-9-20(8-12-6-17-10-21(12)13)16(22)14-5-15(23-18-14)11-3-4-11;3-2(4,5)1(6)7/h5-6,10-11,13H,3-4,7-9H2,1-2H3;(H,6,7). The summed E-state index contributed by atoms with van der Waals surface area (Å²) in [5, 5.41) is 11.1. The molecule has 1 N–H and O–H groups in total. The second kappa shape index (κ2) is 8.46. The van der Waals surface area contributed by atoms with Gasteiger partial charge in [-0.1, -0.05) is 5.16 Å². The predicted octanol–water partition coefficient (Wildman–Crippen LogP) is 2.14. The first kappa shape index (κ1) is 21.8. The Balaban J connectivity index is 0.000000318. The molecule has 2 aromatic rings. The number of likely N-dealkylation sites (N-methyl/N-ethyl adjacent to an activating group) is 1. The molecule has 1 aliphatic carbocycles. The van der Waals surface area contributed by atoms with Crippen LogP contribution in [0.4, 0.5) is 13.2 Å². The molecule has 30 heavy (non-hydrogen) atoms. The van der Waals surface area contributed by atoms with Crippen LogP contribution in [-0.4, -0.2) is 74.9 Å². The van der Waals surface area contributed by atoms with Gasteiger partial charge in [-0.25, -0.2) is 9.78 Å². The van der Waals surface area contributed by atoms with E-state index in [4.69, 9.17) is 14.4 Å². The van der Waals surface area contributed by atoms with E-state index < -0.39 is 12.1 Å². The molecule has 0 aromatic carbocycles. The van der Waals surface area contributed by atoms with Gasteiger partial charge in [0.1, 0.15) is 5.76 Å². The fourth-order valence-corrected chi connectivity index (χ4v) is 3.22. The molecule has 12 heteroatoms. The van der Waals surface area contributed by atoms with Gasteiger partial charge in [-0.2, -0.15) is 13.2 Å². The predicted molar refractivity (Wildman–Crippen MR) is 96.7 cm³/mol. The van der Waals surface area contributed by atoms with Gasteiger partial charge in [0, 0.05) is 31.3 Å². The van der Waals surface area contributed by atoms with Crippen molar-refractivity contribution in [3.05, 3.63) is 35.7 Å². The zero-order valence-corrected chi connectivity index (χ0v) is 16.5. The van der Waals surface area contributed by atoms with E-state index in [0.717, 1.165) is 30.8 Å². The molecule has 3 heterocycles. The zero-order chi connectivity index (χ0) is 22.1. The first-order valence-corrected chi connectivity index (χ1v) is 9.27. The normalized spacial score (nSPS) is 18.6. The molecule has 0 radical (unpaired) electrons. The molecule has 0 spiro atoms. The minimum atomic E-state index is -5.08. The average molecular weight is 429 g/mol. The Morgan fingerprint density at radius 2 is 2.00 bits per heavy atom. The van der Waals surface area contributed by atoms with Crippen molar-refractivity contribution >= 4 is 11.9 Å². The van der Waals surface area contributed by atoms with Crippen molar-refractivity contribution in [3.63, 3.8) is 0 Å². The summed E-state index contributed by atoms with van der Waals surface area (Å²) in [5.41, 5.74) is 1.48. The van der Waals surface area contributed by atoms with Crippen molar-refractivity contribution < 1.29 is 32.4 Å². The highest BCUT2D eigenvalue weighted by Gasteiger charge is 2.38. The highest BCUT2D eigenvalue weighted by Crippen LogP contribution is 2.40. The summed E-state index contributed by atoms with van der Waals surface area (Å²) < 4.78 is 39.2. The fourth-order valence-electron chi connectivity index (χ4n) is 3.22. The zero-order valence-electron chi connectivity index (χ0n) is 16.5. The van der Waals surface area contributed by atoms with Crippen molar-refractivity contribution in [2.75, 3.05) is 27.2 Å². The molecule has 2 aliphatic rings. The number of carboxylic acid groups (broad SMARTS) is 1. The summed E-state index contributed by atoms with van der Waals surface area (Å²) in [7, 11) is 4.08. The Morgan fingerprint density at radius 3 is 2.57 bits per heavy atom. The monoisotopic (exact) mass is 429 g/mol. The molecule has 164 valence electrons. The van der Waals surface area contributed by atoms with E-state index in [1.165, 1.54) is 0 Å². The first-order chi connectivity index (χ1) is 14.1. The van der Waals surface area contributed by atoms with Crippen molar-refractivity contribution in [2.45, 2.75) is 37.5 Å². The van der Waals surface area contributed by atoms with Crippen LogP contribution in [0.15, 0.2) is 23.1 Å². The molecule has 1 fully saturated rings. The number of nitrogens with zero attached hydrogens (tertiary/aromatic N) is 5. The number of halogens is 3. The molecule has 4 rings (SSSR count). The Labute approximate surface area is 170 Å². The molecule has 1 amide bonds. The number of carbonyl (C=O) groups excluding carboxylic acids is 1. The lowest BCUT2D eigenvalue weighted by molar-refractivity contribution is -0.192. The van der Waals surface area contributed by atoms with E-state index in [2.05, 4.69) is 19.6 Å².